The van der Waals surface area contributed by atoms with Crippen LogP contribution in [0.3, 0.4) is 0 Å². The Morgan fingerprint density at radius 2 is 2.16 bits per heavy atom. The van der Waals surface area contributed by atoms with Crippen LogP contribution in [0.2, 0.25) is 0 Å². The second-order valence-corrected chi connectivity index (χ2v) is 7.75. The van der Waals surface area contributed by atoms with Gasteiger partial charge in [-0.25, -0.2) is 4.98 Å². The number of hydrogen-bond donors (Lipinski definition) is 0. The summed E-state index contributed by atoms with van der Waals surface area (Å²) in [6.07, 6.45) is 8.34. The predicted molar refractivity (Wildman–Crippen MR) is 103 cm³/mol. The maximum absolute atomic E-state index is 12.7. The van der Waals surface area contributed by atoms with Crippen LogP contribution >= 0.6 is 11.8 Å². The van der Waals surface area contributed by atoms with Crippen molar-refractivity contribution in [1.29, 1.82) is 0 Å². The highest BCUT2D eigenvalue weighted by Gasteiger charge is 2.25. The number of carbonyl (C=O) groups excluding carboxylic acids is 1. The molecule has 1 unspecified atom stereocenters. The smallest absolute Gasteiger partial charge is 0.233 e. The van der Waals surface area contributed by atoms with Crippen LogP contribution in [-0.2, 0) is 4.79 Å². The molecule has 5 heteroatoms. The van der Waals surface area contributed by atoms with Crippen LogP contribution in [0.25, 0.3) is 5.69 Å². The van der Waals surface area contributed by atoms with Crippen molar-refractivity contribution in [1.82, 2.24) is 14.5 Å². The number of imidazole rings is 1. The Bertz CT molecular complexity index is 740. The molecule has 0 N–H and O–H groups in total. The van der Waals surface area contributed by atoms with Crippen LogP contribution in [0.1, 0.15) is 43.7 Å². The maximum atomic E-state index is 12.7. The number of amides is 1. The zero-order valence-electron chi connectivity index (χ0n) is 15.4. The van der Waals surface area contributed by atoms with Crippen LogP contribution in [0.15, 0.2) is 35.7 Å². The summed E-state index contributed by atoms with van der Waals surface area (Å²) < 4.78 is 2.08. The van der Waals surface area contributed by atoms with E-state index in [4.69, 9.17) is 0 Å². The number of nitrogens with zero attached hydrogens (tertiary/aromatic N) is 3. The molecule has 1 saturated heterocycles. The van der Waals surface area contributed by atoms with Gasteiger partial charge in [-0.2, -0.15) is 0 Å². The van der Waals surface area contributed by atoms with Gasteiger partial charge < -0.3 is 4.90 Å². The normalized spacial score (nSPS) is 17.7. The third-order valence-corrected chi connectivity index (χ3v) is 5.91. The van der Waals surface area contributed by atoms with Crippen molar-refractivity contribution in [3.8, 4) is 5.69 Å². The molecule has 2 heterocycles. The Morgan fingerprint density at radius 1 is 1.32 bits per heavy atom. The number of benzene rings is 1. The molecule has 1 aromatic heterocycles. The monoisotopic (exact) mass is 357 g/mol. The van der Waals surface area contributed by atoms with Gasteiger partial charge in [0.05, 0.1) is 11.4 Å². The number of likely N-dealkylation sites (tertiary alicyclic amines) is 1. The molecule has 0 bridgehead atoms. The minimum Gasteiger partial charge on any atom is -0.339 e. The number of carbonyl (C=O) groups is 1. The van der Waals surface area contributed by atoms with Gasteiger partial charge >= 0.3 is 0 Å². The molecule has 1 atom stereocenters. The lowest BCUT2D eigenvalue weighted by Crippen LogP contribution is -2.44. The lowest BCUT2D eigenvalue weighted by Gasteiger charge is -2.35. The fraction of sp³-hybridized carbons (Fsp3) is 0.500. The van der Waals surface area contributed by atoms with Crippen LogP contribution in [-0.4, -0.2) is 38.7 Å². The summed E-state index contributed by atoms with van der Waals surface area (Å²) in [6, 6.07) is 6.83. The molecule has 134 valence electrons. The van der Waals surface area contributed by atoms with Gasteiger partial charge in [-0.15, -0.1) is 0 Å². The lowest BCUT2D eigenvalue weighted by molar-refractivity contribution is -0.132. The first-order valence-corrected chi connectivity index (χ1v) is 10.1. The van der Waals surface area contributed by atoms with E-state index >= 15 is 0 Å². The lowest BCUT2D eigenvalue weighted by atomic mass is 10.0. The first-order chi connectivity index (χ1) is 12.1. The Hall–Kier alpha value is -1.75. The number of aromatic nitrogens is 2. The molecule has 1 fully saturated rings. The van der Waals surface area contributed by atoms with Gasteiger partial charge in [0.15, 0.2) is 5.16 Å². The Morgan fingerprint density at radius 3 is 2.92 bits per heavy atom. The van der Waals surface area contributed by atoms with Gasteiger partial charge in [-0.1, -0.05) is 36.4 Å². The number of piperidine rings is 1. The molecule has 4 nitrogen and oxygen atoms in total. The second kappa shape index (κ2) is 8.09. The van der Waals surface area contributed by atoms with E-state index in [2.05, 4.69) is 53.4 Å². The minimum absolute atomic E-state index is 0.242. The summed E-state index contributed by atoms with van der Waals surface area (Å²) in [6.45, 7) is 7.29. The Balaban J connectivity index is 1.70. The summed E-state index contributed by atoms with van der Waals surface area (Å²) in [5.74, 6) is 0.699. The zero-order chi connectivity index (χ0) is 17.8. The molecule has 0 aliphatic carbocycles. The third-order valence-electron chi connectivity index (χ3n) is 4.96. The van der Waals surface area contributed by atoms with Gasteiger partial charge in [0.2, 0.25) is 5.91 Å². The standard InChI is InChI=1S/C20H27N3OS/c1-4-17-7-5-6-11-22(17)19(24)14-25-20-21-10-12-23(20)18-9-8-15(2)13-16(18)3/h8-10,12-13,17H,4-7,11,14H2,1-3H3. The van der Waals surface area contributed by atoms with Crippen LogP contribution in [0.5, 0.6) is 0 Å². The zero-order valence-corrected chi connectivity index (χ0v) is 16.2. The number of hydrogen-bond acceptors (Lipinski definition) is 3. The fourth-order valence-corrected chi connectivity index (χ4v) is 4.47. The molecule has 2 aromatic rings. The highest BCUT2D eigenvalue weighted by molar-refractivity contribution is 7.99. The van der Waals surface area contributed by atoms with Crippen molar-refractivity contribution < 1.29 is 4.79 Å². The summed E-state index contributed by atoms with van der Waals surface area (Å²) >= 11 is 1.54. The van der Waals surface area contributed by atoms with Gasteiger partial charge in [0.1, 0.15) is 0 Å². The second-order valence-electron chi connectivity index (χ2n) is 6.80. The third kappa shape index (κ3) is 4.09. The molecule has 0 spiro atoms. The summed E-state index contributed by atoms with van der Waals surface area (Å²) in [5, 5.41) is 0.880. The van der Waals surface area contributed by atoms with E-state index in [1.807, 2.05) is 12.4 Å². The van der Waals surface area contributed by atoms with Gasteiger partial charge in [0, 0.05) is 25.0 Å². The van der Waals surface area contributed by atoms with Gasteiger partial charge in [-0.05, 0) is 51.2 Å². The van der Waals surface area contributed by atoms with E-state index in [9.17, 15) is 4.79 Å². The number of rotatable bonds is 5. The van der Waals surface area contributed by atoms with E-state index in [-0.39, 0.29) is 5.91 Å². The Labute approximate surface area is 154 Å². The number of thioether (sulfide) groups is 1. The molecule has 0 radical (unpaired) electrons. The van der Waals surface area contributed by atoms with Crippen molar-refractivity contribution >= 4 is 17.7 Å². The molecule has 1 amide bonds. The molecule has 1 aromatic carbocycles. The Kier molecular flexibility index (Phi) is 5.84. The molecule has 1 aliphatic heterocycles. The molecular weight excluding hydrogens is 330 g/mol. The summed E-state index contributed by atoms with van der Waals surface area (Å²) in [5.41, 5.74) is 3.59. The van der Waals surface area contributed by atoms with E-state index < -0.39 is 0 Å². The van der Waals surface area contributed by atoms with E-state index in [1.165, 1.54) is 29.3 Å². The molecule has 1 aliphatic rings. The quantitative estimate of drug-likeness (QED) is 0.746. The van der Waals surface area contributed by atoms with Crippen molar-refractivity contribution in [3.05, 3.63) is 41.7 Å². The first-order valence-electron chi connectivity index (χ1n) is 9.13. The SMILES string of the molecule is CCC1CCCCN1C(=O)CSc1nccn1-c1ccc(C)cc1C. The average Bonchev–Trinajstić information content (AvgIpc) is 3.08. The maximum Gasteiger partial charge on any atom is 0.233 e. The van der Waals surface area contributed by atoms with Crippen molar-refractivity contribution in [2.45, 2.75) is 57.7 Å². The molecule has 25 heavy (non-hydrogen) atoms. The van der Waals surface area contributed by atoms with Crippen LogP contribution < -0.4 is 0 Å². The first kappa shape index (κ1) is 18.1. The topological polar surface area (TPSA) is 38.1 Å². The van der Waals surface area contributed by atoms with Crippen molar-refractivity contribution in [3.63, 3.8) is 0 Å². The summed E-state index contributed by atoms with van der Waals surface area (Å²) in [7, 11) is 0. The van der Waals surface area contributed by atoms with Crippen molar-refractivity contribution in [2.75, 3.05) is 12.3 Å². The summed E-state index contributed by atoms with van der Waals surface area (Å²) in [4.78, 5) is 19.2. The molecule has 3 rings (SSSR count). The van der Waals surface area contributed by atoms with E-state index in [1.54, 1.807) is 0 Å². The number of aryl methyl sites for hydroxylation is 2. The fourth-order valence-electron chi connectivity index (χ4n) is 3.62. The van der Waals surface area contributed by atoms with Crippen molar-refractivity contribution in [2.24, 2.45) is 0 Å². The van der Waals surface area contributed by atoms with Gasteiger partial charge in [-0.3, -0.25) is 9.36 Å². The van der Waals surface area contributed by atoms with Crippen LogP contribution in [0.4, 0.5) is 0 Å². The minimum atomic E-state index is 0.242. The predicted octanol–water partition coefficient (Wildman–Crippen LogP) is 4.37. The van der Waals surface area contributed by atoms with Gasteiger partial charge in [0.25, 0.3) is 0 Å². The highest BCUT2D eigenvalue weighted by Crippen LogP contribution is 2.25. The largest absolute Gasteiger partial charge is 0.339 e. The van der Waals surface area contributed by atoms with E-state index in [0.717, 1.165) is 36.7 Å². The average molecular weight is 358 g/mol. The molecule has 0 saturated carbocycles. The highest BCUT2D eigenvalue weighted by atomic mass is 32.2. The van der Waals surface area contributed by atoms with Crippen LogP contribution in [0, 0.1) is 13.8 Å². The molecular formula is C20H27N3OS. The van der Waals surface area contributed by atoms with E-state index in [0.29, 0.717) is 11.8 Å².